The van der Waals surface area contributed by atoms with Crippen LogP contribution in [0.25, 0.3) is 0 Å². The van der Waals surface area contributed by atoms with Gasteiger partial charge in [-0.25, -0.2) is 12.8 Å². The molecule has 2 aromatic carbocycles. The van der Waals surface area contributed by atoms with Gasteiger partial charge in [0, 0.05) is 11.3 Å². The second-order valence-electron chi connectivity index (χ2n) is 4.93. The molecule has 2 rings (SSSR count). The lowest BCUT2D eigenvalue weighted by Gasteiger charge is -2.12. The molecule has 0 amide bonds. The zero-order valence-electron chi connectivity index (χ0n) is 12.8. The third-order valence-corrected chi connectivity index (χ3v) is 4.62. The number of nitrogens with one attached hydrogen (secondary N) is 1. The Kier molecular flexibility index (Phi) is 5.23. The van der Waals surface area contributed by atoms with Crippen molar-refractivity contribution in [3.05, 3.63) is 53.3 Å². The topological polar surface area (TPSA) is 75.6 Å². The van der Waals surface area contributed by atoms with Crippen molar-refractivity contribution in [1.29, 1.82) is 0 Å². The van der Waals surface area contributed by atoms with Crippen molar-refractivity contribution in [2.24, 2.45) is 0 Å². The molecule has 7 heteroatoms. The highest BCUT2D eigenvalue weighted by atomic mass is 32.2. The van der Waals surface area contributed by atoms with E-state index in [1.807, 2.05) is 6.92 Å². The molecule has 5 nitrogen and oxygen atoms in total. The zero-order chi connectivity index (χ0) is 17.0. The van der Waals surface area contributed by atoms with Gasteiger partial charge >= 0.3 is 0 Å². The van der Waals surface area contributed by atoms with Crippen LogP contribution in [0.3, 0.4) is 0 Å². The summed E-state index contributed by atoms with van der Waals surface area (Å²) in [6.07, 6.45) is 0. The number of aliphatic hydroxyl groups is 1. The molecule has 0 atom stereocenters. The fraction of sp³-hybridized carbons (Fsp3) is 0.250. The van der Waals surface area contributed by atoms with Gasteiger partial charge in [-0.15, -0.1) is 0 Å². The van der Waals surface area contributed by atoms with Gasteiger partial charge in [0.15, 0.2) is 0 Å². The van der Waals surface area contributed by atoms with Crippen molar-refractivity contribution in [3.63, 3.8) is 0 Å². The number of hydrogen-bond acceptors (Lipinski definition) is 4. The van der Waals surface area contributed by atoms with Crippen molar-refractivity contribution in [1.82, 2.24) is 0 Å². The van der Waals surface area contributed by atoms with E-state index in [0.717, 1.165) is 6.07 Å². The van der Waals surface area contributed by atoms with Crippen LogP contribution in [0.5, 0.6) is 5.75 Å². The molecule has 0 aromatic heterocycles. The van der Waals surface area contributed by atoms with E-state index in [2.05, 4.69) is 4.72 Å². The Hall–Kier alpha value is -2.12. The van der Waals surface area contributed by atoms with Crippen LogP contribution in [-0.2, 0) is 16.6 Å². The number of sulfonamides is 1. The molecule has 23 heavy (non-hydrogen) atoms. The molecule has 2 N–H and O–H groups in total. The molecule has 0 heterocycles. The fourth-order valence-corrected chi connectivity index (χ4v) is 3.08. The maximum atomic E-state index is 13.6. The Morgan fingerprint density at radius 1 is 1.22 bits per heavy atom. The number of aryl methyl sites for hydroxylation is 1. The van der Waals surface area contributed by atoms with Gasteiger partial charge in [0.1, 0.15) is 11.6 Å². The Bertz CT molecular complexity index is 806. The quantitative estimate of drug-likeness (QED) is 0.848. The van der Waals surface area contributed by atoms with E-state index in [9.17, 15) is 17.9 Å². The molecule has 0 fully saturated rings. The summed E-state index contributed by atoms with van der Waals surface area (Å²) in [6, 6.07) is 8.28. The van der Waals surface area contributed by atoms with Gasteiger partial charge in [-0.3, -0.25) is 4.72 Å². The summed E-state index contributed by atoms with van der Waals surface area (Å²) < 4.78 is 45.9. The van der Waals surface area contributed by atoms with E-state index in [4.69, 9.17) is 4.74 Å². The molecule has 124 valence electrons. The first-order chi connectivity index (χ1) is 10.9. The molecule has 0 radical (unpaired) electrons. The van der Waals surface area contributed by atoms with Crippen LogP contribution in [0, 0.1) is 12.7 Å². The lowest BCUT2D eigenvalue weighted by atomic mass is 10.2. The van der Waals surface area contributed by atoms with Crippen LogP contribution >= 0.6 is 0 Å². The minimum absolute atomic E-state index is 0.167. The van der Waals surface area contributed by atoms with Crippen molar-refractivity contribution in [2.75, 3.05) is 11.3 Å². The van der Waals surface area contributed by atoms with Gasteiger partial charge in [-0.2, -0.15) is 0 Å². The molecular formula is C16H18FNO4S. The van der Waals surface area contributed by atoms with Gasteiger partial charge in [-0.1, -0.05) is 6.07 Å². The van der Waals surface area contributed by atoms with Crippen molar-refractivity contribution >= 4 is 15.7 Å². The lowest BCUT2D eigenvalue weighted by Crippen LogP contribution is -2.13. The third-order valence-electron chi connectivity index (χ3n) is 3.24. The van der Waals surface area contributed by atoms with E-state index in [0.29, 0.717) is 23.5 Å². The number of hydrogen-bond donors (Lipinski definition) is 2. The van der Waals surface area contributed by atoms with Crippen molar-refractivity contribution in [2.45, 2.75) is 25.3 Å². The van der Waals surface area contributed by atoms with Crippen molar-refractivity contribution in [3.8, 4) is 5.75 Å². The number of ether oxygens (including phenoxy) is 1. The van der Waals surface area contributed by atoms with E-state index in [-0.39, 0.29) is 17.2 Å². The Balaban J connectivity index is 2.31. The maximum absolute atomic E-state index is 13.6. The summed E-state index contributed by atoms with van der Waals surface area (Å²) in [5.41, 5.74) is 1.09. The zero-order valence-corrected chi connectivity index (χ0v) is 13.7. The van der Waals surface area contributed by atoms with Crippen LogP contribution in [0.1, 0.15) is 18.1 Å². The minimum Gasteiger partial charge on any atom is -0.494 e. The first-order valence-corrected chi connectivity index (χ1v) is 8.51. The molecule has 0 saturated carbocycles. The average molecular weight is 339 g/mol. The summed E-state index contributed by atoms with van der Waals surface area (Å²) in [6.45, 7) is 3.51. The monoisotopic (exact) mass is 339 g/mol. The highest BCUT2D eigenvalue weighted by molar-refractivity contribution is 7.92. The number of benzene rings is 2. The maximum Gasteiger partial charge on any atom is 0.261 e. The largest absolute Gasteiger partial charge is 0.494 e. The molecule has 0 aliphatic heterocycles. The van der Waals surface area contributed by atoms with Gasteiger partial charge < -0.3 is 9.84 Å². The Morgan fingerprint density at radius 2 is 1.96 bits per heavy atom. The minimum atomic E-state index is -3.92. The van der Waals surface area contributed by atoms with Crippen LogP contribution in [0.15, 0.2) is 41.3 Å². The summed E-state index contributed by atoms with van der Waals surface area (Å²) in [4.78, 5) is -0.167. The van der Waals surface area contributed by atoms with Crippen LogP contribution in [0.4, 0.5) is 10.1 Å². The smallest absolute Gasteiger partial charge is 0.261 e. The summed E-state index contributed by atoms with van der Waals surface area (Å²) in [7, 11) is -3.92. The van der Waals surface area contributed by atoms with Gasteiger partial charge in [0.05, 0.1) is 18.1 Å². The predicted octanol–water partition coefficient (Wildman–Crippen LogP) is 2.83. The van der Waals surface area contributed by atoms with Gasteiger partial charge in [0.25, 0.3) is 10.0 Å². The highest BCUT2D eigenvalue weighted by Gasteiger charge is 2.16. The predicted molar refractivity (Wildman–Crippen MR) is 85.5 cm³/mol. The average Bonchev–Trinajstić information content (AvgIpc) is 2.51. The van der Waals surface area contributed by atoms with E-state index in [1.54, 1.807) is 13.0 Å². The molecule has 2 aromatic rings. The lowest BCUT2D eigenvalue weighted by molar-refractivity contribution is 0.267. The first-order valence-electron chi connectivity index (χ1n) is 7.03. The number of rotatable bonds is 6. The fourth-order valence-electron chi connectivity index (χ4n) is 2.02. The highest BCUT2D eigenvalue weighted by Crippen LogP contribution is 2.25. The summed E-state index contributed by atoms with van der Waals surface area (Å²) in [5.74, 6) is -0.102. The summed E-state index contributed by atoms with van der Waals surface area (Å²) >= 11 is 0. The first kappa shape index (κ1) is 17.2. The Morgan fingerprint density at radius 3 is 2.57 bits per heavy atom. The molecule has 0 saturated heterocycles. The standard InChI is InChI=1S/C16H18FNO4S/c1-3-22-16-7-5-13(8-12(16)10-19)18-23(20,21)14-6-4-11(2)15(17)9-14/h4-9,18-19H,3,10H2,1-2H3. The molecular weight excluding hydrogens is 321 g/mol. The molecule has 0 spiro atoms. The summed E-state index contributed by atoms with van der Waals surface area (Å²) in [5, 5.41) is 9.34. The number of aliphatic hydroxyl groups excluding tert-OH is 1. The molecule has 0 bridgehead atoms. The molecule has 0 aliphatic carbocycles. The van der Waals surface area contributed by atoms with Crippen LogP contribution in [-0.4, -0.2) is 20.1 Å². The number of anilines is 1. The van der Waals surface area contributed by atoms with E-state index < -0.39 is 15.8 Å². The van der Waals surface area contributed by atoms with E-state index >= 15 is 0 Å². The molecule has 0 aliphatic rings. The second-order valence-corrected chi connectivity index (χ2v) is 6.61. The normalized spacial score (nSPS) is 11.3. The third kappa shape index (κ3) is 4.00. The van der Waals surface area contributed by atoms with E-state index in [1.165, 1.54) is 24.3 Å². The van der Waals surface area contributed by atoms with Crippen molar-refractivity contribution < 1.29 is 22.7 Å². The van der Waals surface area contributed by atoms with Crippen LogP contribution < -0.4 is 9.46 Å². The Labute approximate surface area is 134 Å². The SMILES string of the molecule is CCOc1ccc(NS(=O)(=O)c2ccc(C)c(F)c2)cc1CO. The van der Waals surface area contributed by atoms with Crippen LogP contribution in [0.2, 0.25) is 0 Å². The molecule has 0 unspecified atom stereocenters. The van der Waals surface area contributed by atoms with Gasteiger partial charge in [-0.05, 0) is 49.7 Å². The second kappa shape index (κ2) is 6.97. The van der Waals surface area contributed by atoms with Gasteiger partial charge in [0.2, 0.25) is 0 Å². The number of halogens is 1.